The highest BCUT2D eigenvalue weighted by atomic mass is 16.4. The first-order valence-electron chi connectivity index (χ1n) is 13.4. The fourth-order valence-corrected chi connectivity index (χ4v) is 6.73. The molecule has 1 amide bonds. The molecule has 8 heteroatoms. The molecule has 0 radical (unpaired) electrons. The van der Waals surface area contributed by atoms with Gasteiger partial charge >= 0.3 is 5.97 Å². The van der Waals surface area contributed by atoms with Gasteiger partial charge < -0.3 is 10.0 Å². The van der Waals surface area contributed by atoms with Crippen LogP contribution in [-0.2, 0) is 23.1 Å². The van der Waals surface area contributed by atoms with Crippen molar-refractivity contribution in [3.05, 3.63) is 58.1 Å². The molecular weight excluding hydrogens is 478 g/mol. The lowest BCUT2D eigenvalue weighted by Crippen LogP contribution is -2.37. The van der Waals surface area contributed by atoms with Crippen LogP contribution in [0, 0.1) is 17.8 Å². The van der Waals surface area contributed by atoms with E-state index in [1.54, 1.807) is 18.5 Å². The summed E-state index contributed by atoms with van der Waals surface area (Å²) < 4.78 is 1.74. The predicted octanol–water partition coefficient (Wildman–Crippen LogP) is 4.31. The van der Waals surface area contributed by atoms with Crippen LogP contribution in [0.3, 0.4) is 0 Å². The molecule has 5 rings (SSSR count). The SMILES string of the molecule is Cc1c([C@H](c2ccc3c(c2)[C@H](N2CC(=O)N(C)CC(C)(C)C2)CC3)C(C)(C)C(=O)O)ccc2c1nnn2C. The molecule has 1 aromatic heterocycles. The molecular formula is C30H39N5O3. The zero-order chi connectivity index (χ0) is 27.6. The molecule has 2 aliphatic rings. The number of carboxylic acid groups (broad SMARTS) is 1. The minimum Gasteiger partial charge on any atom is -0.481 e. The van der Waals surface area contributed by atoms with Crippen molar-refractivity contribution in [2.75, 3.05) is 26.7 Å². The van der Waals surface area contributed by atoms with Crippen LogP contribution >= 0.6 is 0 Å². The lowest BCUT2D eigenvalue weighted by molar-refractivity contribution is -0.147. The molecule has 0 saturated carbocycles. The highest BCUT2D eigenvalue weighted by molar-refractivity contribution is 5.82. The van der Waals surface area contributed by atoms with Gasteiger partial charge in [0.1, 0.15) is 5.52 Å². The number of aliphatic carboxylic acids is 1. The van der Waals surface area contributed by atoms with Gasteiger partial charge in [0.2, 0.25) is 5.91 Å². The van der Waals surface area contributed by atoms with Crippen LogP contribution in [0.2, 0.25) is 0 Å². The van der Waals surface area contributed by atoms with E-state index in [2.05, 4.69) is 47.3 Å². The molecule has 0 spiro atoms. The van der Waals surface area contributed by atoms with Crippen LogP contribution in [0.4, 0.5) is 0 Å². The highest BCUT2D eigenvalue weighted by Gasteiger charge is 2.42. The fourth-order valence-electron chi connectivity index (χ4n) is 6.73. The van der Waals surface area contributed by atoms with Crippen molar-refractivity contribution in [3.63, 3.8) is 0 Å². The van der Waals surface area contributed by atoms with Gasteiger partial charge in [-0.1, -0.05) is 43.3 Å². The van der Waals surface area contributed by atoms with Crippen LogP contribution < -0.4 is 0 Å². The van der Waals surface area contributed by atoms with Gasteiger partial charge in [0.15, 0.2) is 0 Å². The molecule has 1 aliphatic heterocycles. The number of fused-ring (bicyclic) bond motifs is 2. The third-order valence-corrected chi connectivity index (χ3v) is 8.71. The van der Waals surface area contributed by atoms with Crippen molar-refractivity contribution in [1.29, 1.82) is 0 Å². The van der Waals surface area contributed by atoms with Gasteiger partial charge in [0, 0.05) is 39.1 Å². The van der Waals surface area contributed by atoms with E-state index in [1.807, 2.05) is 38.1 Å². The lowest BCUT2D eigenvalue weighted by Gasteiger charge is -2.35. The number of nitrogens with zero attached hydrogens (tertiary/aromatic N) is 5. The Balaban J connectivity index is 1.61. The number of aryl methyl sites for hydroxylation is 3. The van der Waals surface area contributed by atoms with Gasteiger partial charge in [0.05, 0.1) is 17.5 Å². The van der Waals surface area contributed by atoms with E-state index in [0.717, 1.165) is 53.7 Å². The van der Waals surface area contributed by atoms with Gasteiger partial charge in [-0.25, -0.2) is 4.68 Å². The van der Waals surface area contributed by atoms with E-state index in [9.17, 15) is 14.7 Å². The third-order valence-electron chi connectivity index (χ3n) is 8.71. The summed E-state index contributed by atoms with van der Waals surface area (Å²) in [7, 11) is 3.75. The van der Waals surface area contributed by atoms with Crippen molar-refractivity contribution in [1.82, 2.24) is 24.8 Å². The van der Waals surface area contributed by atoms with Gasteiger partial charge in [-0.05, 0) is 72.9 Å². The van der Waals surface area contributed by atoms with E-state index < -0.39 is 11.4 Å². The van der Waals surface area contributed by atoms with Crippen molar-refractivity contribution < 1.29 is 14.7 Å². The van der Waals surface area contributed by atoms with Crippen LogP contribution in [0.1, 0.15) is 73.9 Å². The summed E-state index contributed by atoms with van der Waals surface area (Å²) in [5, 5.41) is 18.9. The van der Waals surface area contributed by atoms with Crippen LogP contribution in [0.5, 0.6) is 0 Å². The van der Waals surface area contributed by atoms with Gasteiger partial charge in [-0.2, -0.15) is 0 Å². The summed E-state index contributed by atoms with van der Waals surface area (Å²) in [4.78, 5) is 29.7. The van der Waals surface area contributed by atoms with E-state index >= 15 is 0 Å². The number of carbonyl (C=O) groups is 2. The minimum atomic E-state index is -1.06. The van der Waals surface area contributed by atoms with Crippen LogP contribution in [0.15, 0.2) is 30.3 Å². The smallest absolute Gasteiger partial charge is 0.310 e. The summed E-state index contributed by atoms with van der Waals surface area (Å²) in [5.41, 5.74) is 6.03. The number of aromatic nitrogens is 3. The van der Waals surface area contributed by atoms with Crippen LogP contribution in [0.25, 0.3) is 11.0 Å². The Kier molecular flexibility index (Phi) is 6.37. The number of likely N-dealkylation sites (N-methyl/N-ethyl adjacent to an activating group) is 1. The maximum atomic E-state index is 12.9. The normalized spacial score (nSPS) is 21.0. The van der Waals surface area contributed by atoms with E-state index in [0.29, 0.717) is 6.54 Å². The van der Waals surface area contributed by atoms with Gasteiger partial charge in [-0.3, -0.25) is 14.5 Å². The fraction of sp³-hybridized carbons (Fsp3) is 0.533. The molecule has 2 heterocycles. The number of hydrogen-bond donors (Lipinski definition) is 1. The molecule has 2 atom stereocenters. The predicted molar refractivity (Wildman–Crippen MR) is 147 cm³/mol. The molecule has 202 valence electrons. The van der Waals surface area contributed by atoms with Crippen molar-refractivity contribution in [2.24, 2.45) is 17.9 Å². The first-order chi connectivity index (χ1) is 17.8. The Bertz CT molecular complexity index is 1420. The van der Waals surface area contributed by atoms with Gasteiger partial charge in [0.25, 0.3) is 0 Å². The second-order valence-corrected chi connectivity index (χ2v) is 12.7. The summed E-state index contributed by atoms with van der Waals surface area (Å²) in [6, 6.07) is 10.6. The molecule has 2 aromatic carbocycles. The average Bonchev–Trinajstić information content (AvgIpc) is 3.40. The Morgan fingerprint density at radius 2 is 1.89 bits per heavy atom. The number of benzene rings is 2. The summed E-state index contributed by atoms with van der Waals surface area (Å²) >= 11 is 0. The first kappa shape index (κ1) is 26.4. The summed E-state index contributed by atoms with van der Waals surface area (Å²) in [6.45, 7) is 12.0. The molecule has 1 saturated heterocycles. The molecule has 1 N–H and O–H groups in total. The van der Waals surface area contributed by atoms with Crippen molar-refractivity contribution in [3.8, 4) is 0 Å². The quantitative estimate of drug-likeness (QED) is 0.542. The maximum Gasteiger partial charge on any atom is 0.310 e. The molecule has 0 bridgehead atoms. The van der Waals surface area contributed by atoms with E-state index in [4.69, 9.17) is 0 Å². The van der Waals surface area contributed by atoms with E-state index in [-0.39, 0.29) is 23.3 Å². The highest BCUT2D eigenvalue weighted by Crippen LogP contribution is 2.46. The number of carbonyl (C=O) groups excluding carboxylic acids is 1. The molecule has 1 aliphatic carbocycles. The maximum absolute atomic E-state index is 12.9. The number of rotatable bonds is 5. The molecule has 3 aromatic rings. The summed E-state index contributed by atoms with van der Waals surface area (Å²) in [5.74, 6) is -1.08. The van der Waals surface area contributed by atoms with Gasteiger partial charge in [-0.15, -0.1) is 5.10 Å². The molecule has 8 nitrogen and oxygen atoms in total. The monoisotopic (exact) mass is 517 g/mol. The Morgan fingerprint density at radius 3 is 2.61 bits per heavy atom. The van der Waals surface area contributed by atoms with Crippen LogP contribution in [-0.4, -0.2) is 68.5 Å². The molecule has 0 unspecified atom stereocenters. The van der Waals surface area contributed by atoms with Crippen molar-refractivity contribution in [2.45, 2.75) is 59.4 Å². The Labute approximate surface area is 224 Å². The topological polar surface area (TPSA) is 91.6 Å². The first-order valence-corrected chi connectivity index (χ1v) is 13.4. The zero-order valence-electron chi connectivity index (χ0n) is 23.6. The lowest BCUT2D eigenvalue weighted by atomic mass is 9.69. The Hall–Kier alpha value is -3.26. The standard InChI is InChI=1S/C30H39N5O3/c1-18-21(11-13-24-27(18)31-32-34(24)7)26(30(4,5)28(37)38)20-9-8-19-10-12-23(22(19)14-20)35-15-25(36)33(6)16-29(2,3)17-35/h8-9,11,13-14,23,26H,10,12,15-17H2,1-7H3,(H,37,38)/t23-,26+/m1/s1. The Morgan fingerprint density at radius 1 is 1.16 bits per heavy atom. The molecule has 38 heavy (non-hydrogen) atoms. The number of amides is 1. The van der Waals surface area contributed by atoms with E-state index in [1.165, 1.54) is 11.1 Å². The minimum absolute atomic E-state index is 0.0155. The number of hydrogen-bond acceptors (Lipinski definition) is 5. The zero-order valence-corrected chi connectivity index (χ0v) is 23.6. The van der Waals surface area contributed by atoms with Crippen molar-refractivity contribution >= 4 is 22.9 Å². The second kappa shape index (κ2) is 9.19. The largest absolute Gasteiger partial charge is 0.481 e. The summed E-state index contributed by atoms with van der Waals surface area (Å²) in [6.07, 6.45) is 1.92. The third kappa shape index (κ3) is 4.38. The second-order valence-electron chi connectivity index (χ2n) is 12.7. The number of carboxylic acids is 1. The molecule has 1 fully saturated rings. The average molecular weight is 518 g/mol.